The van der Waals surface area contributed by atoms with Crippen LogP contribution in [0.2, 0.25) is 0 Å². The van der Waals surface area contributed by atoms with E-state index in [1.54, 1.807) is 0 Å². The Morgan fingerprint density at radius 3 is 2.71 bits per heavy atom. The molecule has 2 nitrogen and oxygen atoms in total. The van der Waals surface area contributed by atoms with Gasteiger partial charge in [-0.1, -0.05) is 12.2 Å². The van der Waals surface area contributed by atoms with Crippen molar-refractivity contribution in [3.05, 3.63) is 12.2 Å². The fourth-order valence-electron chi connectivity index (χ4n) is 2.54. The molecule has 0 aromatic rings. The van der Waals surface area contributed by atoms with E-state index in [1.807, 2.05) is 0 Å². The molecule has 2 aliphatic rings. The van der Waals surface area contributed by atoms with Crippen LogP contribution in [0.1, 0.15) is 26.7 Å². The first-order chi connectivity index (χ1) is 6.77. The molecule has 0 radical (unpaired) electrons. The molecule has 1 saturated heterocycles. The van der Waals surface area contributed by atoms with Gasteiger partial charge < -0.3 is 5.32 Å². The Balaban J connectivity index is 1.83. The molecule has 1 aliphatic heterocycles. The summed E-state index contributed by atoms with van der Waals surface area (Å²) < 4.78 is 0. The lowest BCUT2D eigenvalue weighted by Crippen LogP contribution is -2.56. The predicted molar refractivity (Wildman–Crippen MR) is 60.4 cm³/mol. The summed E-state index contributed by atoms with van der Waals surface area (Å²) in [6.45, 7) is 8.32. The van der Waals surface area contributed by atoms with Crippen LogP contribution in [0.15, 0.2) is 12.2 Å². The summed E-state index contributed by atoms with van der Waals surface area (Å²) in [7, 11) is 0. The molecule has 1 heterocycles. The zero-order valence-corrected chi connectivity index (χ0v) is 9.37. The highest BCUT2D eigenvalue weighted by Gasteiger charge is 2.26. The Hall–Kier alpha value is -0.340. The van der Waals surface area contributed by atoms with Crippen molar-refractivity contribution < 1.29 is 0 Å². The summed E-state index contributed by atoms with van der Waals surface area (Å²) in [6, 6.07) is 1.35. The molecular formula is C12H22N2. The SMILES string of the molecule is CC1NCCN(CC2CC=CC2)C1C. The standard InChI is InChI=1S/C12H22N2/c1-10-11(2)14(8-7-13-10)9-12-5-3-4-6-12/h3-4,10-13H,5-9H2,1-2H3. The van der Waals surface area contributed by atoms with Crippen LogP contribution in [0.4, 0.5) is 0 Å². The smallest absolute Gasteiger partial charge is 0.0219 e. The van der Waals surface area contributed by atoms with Gasteiger partial charge >= 0.3 is 0 Å². The number of nitrogens with one attached hydrogen (secondary N) is 1. The van der Waals surface area contributed by atoms with Gasteiger partial charge in [0.2, 0.25) is 0 Å². The third-order valence-corrected chi connectivity index (χ3v) is 3.76. The summed E-state index contributed by atoms with van der Waals surface area (Å²) in [5, 5.41) is 3.53. The Labute approximate surface area is 87.4 Å². The van der Waals surface area contributed by atoms with Crippen molar-refractivity contribution in [3.8, 4) is 0 Å². The van der Waals surface area contributed by atoms with Crippen molar-refractivity contribution in [2.24, 2.45) is 5.92 Å². The highest BCUT2D eigenvalue weighted by molar-refractivity contribution is 4.96. The number of rotatable bonds is 2. The minimum Gasteiger partial charge on any atom is -0.311 e. The molecule has 1 N–H and O–H groups in total. The van der Waals surface area contributed by atoms with Gasteiger partial charge in [-0.15, -0.1) is 0 Å². The van der Waals surface area contributed by atoms with E-state index in [9.17, 15) is 0 Å². The van der Waals surface area contributed by atoms with Gasteiger partial charge in [0.05, 0.1) is 0 Å². The second kappa shape index (κ2) is 4.45. The highest BCUT2D eigenvalue weighted by Crippen LogP contribution is 2.21. The first-order valence-corrected chi connectivity index (χ1v) is 5.90. The van der Waals surface area contributed by atoms with Crippen LogP contribution in [0.5, 0.6) is 0 Å². The molecule has 0 bridgehead atoms. The molecule has 1 aliphatic carbocycles. The minimum atomic E-state index is 0.651. The molecule has 2 atom stereocenters. The maximum absolute atomic E-state index is 3.53. The van der Waals surface area contributed by atoms with Gasteiger partial charge in [-0.2, -0.15) is 0 Å². The molecule has 0 amide bonds. The lowest BCUT2D eigenvalue weighted by Gasteiger charge is -2.39. The molecule has 0 aromatic carbocycles. The molecular weight excluding hydrogens is 172 g/mol. The van der Waals surface area contributed by atoms with E-state index in [-0.39, 0.29) is 0 Å². The zero-order chi connectivity index (χ0) is 9.97. The number of nitrogens with zero attached hydrogens (tertiary/aromatic N) is 1. The van der Waals surface area contributed by atoms with Gasteiger partial charge in [-0.05, 0) is 32.6 Å². The second-order valence-electron chi connectivity index (χ2n) is 4.79. The van der Waals surface area contributed by atoms with Crippen molar-refractivity contribution in [2.75, 3.05) is 19.6 Å². The molecule has 0 aromatic heterocycles. The van der Waals surface area contributed by atoms with E-state index in [4.69, 9.17) is 0 Å². The van der Waals surface area contributed by atoms with Gasteiger partial charge in [-0.25, -0.2) is 0 Å². The number of hydrogen-bond acceptors (Lipinski definition) is 2. The van der Waals surface area contributed by atoms with Crippen molar-refractivity contribution in [3.63, 3.8) is 0 Å². The van der Waals surface area contributed by atoms with Crippen LogP contribution in [-0.4, -0.2) is 36.6 Å². The van der Waals surface area contributed by atoms with E-state index >= 15 is 0 Å². The van der Waals surface area contributed by atoms with Crippen molar-refractivity contribution in [2.45, 2.75) is 38.8 Å². The number of piperazine rings is 1. The first kappa shape index (κ1) is 10.2. The van der Waals surface area contributed by atoms with Crippen LogP contribution in [0, 0.1) is 5.92 Å². The summed E-state index contributed by atoms with van der Waals surface area (Å²) >= 11 is 0. The average Bonchev–Trinajstić information content (AvgIpc) is 2.66. The van der Waals surface area contributed by atoms with Crippen LogP contribution in [0.25, 0.3) is 0 Å². The van der Waals surface area contributed by atoms with E-state index in [0.29, 0.717) is 12.1 Å². The second-order valence-corrected chi connectivity index (χ2v) is 4.79. The van der Waals surface area contributed by atoms with E-state index in [2.05, 4.69) is 36.2 Å². The topological polar surface area (TPSA) is 15.3 Å². The molecule has 14 heavy (non-hydrogen) atoms. The Morgan fingerprint density at radius 1 is 1.29 bits per heavy atom. The van der Waals surface area contributed by atoms with E-state index in [0.717, 1.165) is 12.5 Å². The van der Waals surface area contributed by atoms with Crippen LogP contribution >= 0.6 is 0 Å². The molecule has 1 fully saturated rings. The lowest BCUT2D eigenvalue weighted by atomic mass is 10.0. The van der Waals surface area contributed by atoms with E-state index < -0.39 is 0 Å². The average molecular weight is 194 g/mol. The monoisotopic (exact) mass is 194 g/mol. The molecule has 0 saturated carbocycles. The van der Waals surface area contributed by atoms with Crippen LogP contribution in [-0.2, 0) is 0 Å². The summed E-state index contributed by atoms with van der Waals surface area (Å²) in [5.41, 5.74) is 0. The minimum absolute atomic E-state index is 0.651. The van der Waals surface area contributed by atoms with Crippen molar-refractivity contribution >= 4 is 0 Å². The van der Waals surface area contributed by atoms with Gasteiger partial charge in [0.25, 0.3) is 0 Å². The van der Waals surface area contributed by atoms with Crippen molar-refractivity contribution in [1.29, 1.82) is 0 Å². The Kier molecular flexibility index (Phi) is 3.24. The summed E-state index contributed by atoms with van der Waals surface area (Å²) in [4.78, 5) is 2.65. The largest absolute Gasteiger partial charge is 0.311 e. The van der Waals surface area contributed by atoms with Gasteiger partial charge in [0.1, 0.15) is 0 Å². The van der Waals surface area contributed by atoms with Crippen LogP contribution in [0.3, 0.4) is 0 Å². The molecule has 2 heteroatoms. The molecule has 2 unspecified atom stereocenters. The lowest BCUT2D eigenvalue weighted by molar-refractivity contribution is 0.119. The molecule has 80 valence electrons. The quantitative estimate of drug-likeness (QED) is 0.672. The summed E-state index contributed by atoms with van der Waals surface area (Å²) in [5.74, 6) is 0.891. The van der Waals surface area contributed by atoms with Crippen molar-refractivity contribution in [1.82, 2.24) is 10.2 Å². The van der Waals surface area contributed by atoms with Gasteiger partial charge in [-0.3, -0.25) is 4.90 Å². The predicted octanol–water partition coefficient (Wildman–Crippen LogP) is 1.63. The number of allylic oxidation sites excluding steroid dienone is 2. The zero-order valence-electron chi connectivity index (χ0n) is 9.37. The first-order valence-electron chi connectivity index (χ1n) is 5.90. The Morgan fingerprint density at radius 2 is 2.00 bits per heavy atom. The maximum Gasteiger partial charge on any atom is 0.0219 e. The number of hydrogen-bond donors (Lipinski definition) is 1. The van der Waals surface area contributed by atoms with Crippen LogP contribution < -0.4 is 5.32 Å². The van der Waals surface area contributed by atoms with E-state index in [1.165, 1.54) is 25.9 Å². The highest BCUT2D eigenvalue weighted by atomic mass is 15.2. The normalized spacial score (nSPS) is 35.3. The van der Waals surface area contributed by atoms with Gasteiger partial charge in [0.15, 0.2) is 0 Å². The fourth-order valence-corrected chi connectivity index (χ4v) is 2.54. The fraction of sp³-hybridized carbons (Fsp3) is 0.833. The third kappa shape index (κ3) is 2.18. The Bertz CT molecular complexity index is 204. The summed E-state index contributed by atoms with van der Waals surface area (Å²) in [6.07, 6.45) is 7.26. The maximum atomic E-state index is 3.53. The third-order valence-electron chi connectivity index (χ3n) is 3.76. The molecule has 0 spiro atoms. The molecule has 2 rings (SSSR count). The van der Waals surface area contributed by atoms with Gasteiger partial charge in [0, 0.05) is 31.7 Å².